The third kappa shape index (κ3) is 4.68. The average Bonchev–Trinajstić information content (AvgIpc) is 2.94. The molecule has 0 heterocycles. The zero-order valence-corrected chi connectivity index (χ0v) is 15.0. The molecule has 0 aromatic heterocycles. The monoisotopic (exact) mass is 360 g/mol. The molecule has 1 fully saturated rings. The zero-order valence-electron chi connectivity index (χ0n) is 13.3. The normalized spacial score (nSPS) is 20.8. The van der Waals surface area contributed by atoms with E-state index in [2.05, 4.69) is 5.32 Å². The molecular weight excluding hydrogens is 336 g/mol. The number of carbonyl (C=O) groups is 1. The third-order valence-corrected chi connectivity index (χ3v) is 6.19. The Kier molecular flexibility index (Phi) is 7.51. The van der Waals surface area contributed by atoms with E-state index in [1.54, 1.807) is 18.2 Å². The van der Waals surface area contributed by atoms with Crippen LogP contribution < -0.4 is 11.1 Å². The molecule has 1 aromatic rings. The zero-order chi connectivity index (χ0) is 16.2. The Hall–Kier alpha value is -1.11. The maximum absolute atomic E-state index is 12.5. The fourth-order valence-corrected chi connectivity index (χ4v) is 4.60. The third-order valence-electron chi connectivity index (χ3n) is 4.22. The minimum atomic E-state index is -3.42. The van der Waals surface area contributed by atoms with Crippen molar-refractivity contribution in [3.63, 3.8) is 0 Å². The van der Waals surface area contributed by atoms with Crippen LogP contribution in [0.5, 0.6) is 0 Å². The number of benzene rings is 1. The van der Waals surface area contributed by atoms with Gasteiger partial charge in [-0.1, -0.05) is 25.5 Å². The van der Waals surface area contributed by atoms with Gasteiger partial charge in [-0.15, -0.1) is 12.4 Å². The van der Waals surface area contributed by atoms with Crippen molar-refractivity contribution < 1.29 is 13.2 Å². The van der Waals surface area contributed by atoms with Crippen LogP contribution in [-0.2, 0) is 9.84 Å². The van der Waals surface area contributed by atoms with Gasteiger partial charge < -0.3 is 11.1 Å². The van der Waals surface area contributed by atoms with Gasteiger partial charge in [0.1, 0.15) is 0 Å². The number of rotatable bonds is 6. The lowest BCUT2D eigenvalue weighted by Crippen LogP contribution is -2.40. The predicted molar refractivity (Wildman–Crippen MR) is 93.7 cm³/mol. The quantitative estimate of drug-likeness (QED) is 0.813. The molecule has 0 radical (unpaired) electrons. The van der Waals surface area contributed by atoms with Gasteiger partial charge in [0, 0.05) is 6.04 Å². The molecule has 2 atom stereocenters. The topological polar surface area (TPSA) is 89.3 Å². The molecule has 0 bridgehead atoms. The molecule has 7 heteroatoms. The lowest BCUT2D eigenvalue weighted by molar-refractivity contribution is 0.0925. The van der Waals surface area contributed by atoms with E-state index in [0.29, 0.717) is 13.0 Å². The minimum Gasteiger partial charge on any atom is -0.349 e. The Morgan fingerprint density at radius 3 is 2.65 bits per heavy atom. The first kappa shape index (κ1) is 19.9. The van der Waals surface area contributed by atoms with Crippen LogP contribution in [0.4, 0.5) is 0 Å². The molecule has 130 valence electrons. The van der Waals surface area contributed by atoms with Crippen LogP contribution in [0.15, 0.2) is 29.2 Å². The fraction of sp³-hybridized carbons (Fsp3) is 0.562. The SMILES string of the molecule is CCCS(=O)(=O)c1ccccc1C(=O)NC1CCCC1CN.Cl. The van der Waals surface area contributed by atoms with Crippen molar-refractivity contribution >= 4 is 28.2 Å². The van der Waals surface area contributed by atoms with Gasteiger partial charge in [0.15, 0.2) is 9.84 Å². The molecule has 1 amide bonds. The van der Waals surface area contributed by atoms with Crippen LogP contribution in [0, 0.1) is 5.92 Å². The molecule has 1 aliphatic carbocycles. The number of sulfone groups is 1. The van der Waals surface area contributed by atoms with Crippen LogP contribution in [0.3, 0.4) is 0 Å². The summed E-state index contributed by atoms with van der Waals surface area (Å²) in [6, 6.07) is 6.46. The van der Waals surface area contributed by atoms with E-state index in [1.807, 2.05) is 6.92 Å². The Bertz CT molecular complexity index is 634. The standard InChI is InChI=1S/C16H24N2O3S.ClH/c1-2-10-22(20,21)15-9-4-3-7-13(15)16(19)18-14-8-5-6-12(14)11-17;/h3-4,7,9,12,14H,2,5-6,8,10-11,17H2,1H3,(H,18,19);1H. The molecule has 0 spiro atoms. The number of nitrogens with two attached hydrogens (primary N) is 1. The summed E-state index contributed by atoms with van der Waals surface area (Å²) in [5.74, 6) is 0.00979. The highest BCUT2D eigenvalue weighted by molar-refractivity contribution is 7.91. The van der Waals surface area contributed by atoms with Crippen molar-refractivity contribution in [2.75, 3.05) is 12.3 Å². The Morgan fingerprint density at radius 1 is 1.30 bits per heavy atom. The second-order valence-corrected chi connectivity index (χ2v) is 7.90. The molecule has 2 rings (SSSR count). The summed E-state index contributed by atoms with van der Waals surface area (Å²) in [5.41, 5.74) is 5.96. The summed E-state index contributed by atoms with van der Waals surface area (Å²) in [6.45, 7) is 2.35. The second-order valence-electron chi connectivity index (χ2n) is 5.82. The van der Waals surface area contributed by atoms with E-state index in [1.165, 1.54) is 6.07 Å². The van der Waals surface area contributed by atoms with E-state index >= 15 is 0 Å². The molecule has 3 N–H and O–H groups in total. The number of amides is 1. The highest BCUT2D eigenvalue weighted by Crippen LogP contribution is 2.25. The first-order valence-electron chi connectivity index (χ1n) is 7.82. The number of hydrogen-bond donors (Lipinski definition) is 2. The van der Waals surface area contributed by atoms with Gasteiger partial charge in [-0.05, 0) is 43.9 Å². The lowest BCUT2D eigenvalue weighted by atomic mass is 10.0. The van der Waals surface area contributed by atoms with Crippen LogP contribution in [0.2, 0.25) is 0 Å². The van der Waals surface area contributed by atoms with Gasteiger partial charge in [-0.25, -0.2) is 8.42 Å². The number of carbonyl (C=O) groups excluding carboxylic acids is 1. The fourth-order valence-electron chi connectivity index (χ4n) is 3.06. The van der Waals surface area contributed by atoms with E-state index in [4.69, 9.17) is 5.73 Å². The Labute approximate surface area is 144 Å². The van der Waals surface area contributed by atoms with E-state index < -0.39 is 9.84 Å². The van der Waals surface area contributed by atoms with Crippen LogP contribution in [0.25, 0.3) is 0 Å². The molecule has 2 unspecified atom stereocenters. The van der Waals surface area contributed by atoms with Gasteiger partial charge in [0.25, 0.3) is 5.91 Å². The van der Waals surface area contributed by atoms with Crippen LogP contribution in [0.1, 0.15) is 43.0 Å². The van der Waals surface area contributed by atoms with E-state index in [-0.39, 0.29) is 46.5 Å². The molecular formula is C16H25ClN2O3S. The largest absolute Gasteiger partial charge is 0.349 e. The van der Waals surface area contributed by atoms with Crippen molar-refractivity contribution in [1.29, 1.82) is 0 Å². The van der Waals surface area contributed by atoms with Crippen molar-refractivity contribution in [1.82, 2.24) is 5.32 Å². The highest BCUT2D eigenvalue weighted by Gasteiger charge is 2.29. The van der Waals surface area contributed by atoms with Gasteiger partial charge >= 0.3 is 0 Å². The lowest BCUT2D eigenvalue weighted by Gasteiger charge is -2.20. The minimum absolute atomic E-state index is 0. The predicted octanol–water partition coefficient (Wildman–Crippen LogP) is 2.15. The number of hydrogen-bond acceptors (Lipinski definition) is 4. The van der Waals surface area contributed by atoms with Crippen molar-refractivity contribution in [3.8, 4) is 0 Å². The van der Waals surface area contributed by atoms with Crippen molar-refractivity contribution in [2.24, 2.45) is 11.7 Å². The first-order valence-corrected chi connectivity index (χ1v) is 9.47. The molecule has 23 heavy (non-hydrogen) atoms. The second kappa shape index (κ2) is 8.66. The van der Waals surface area contributed by atoms with E-state index in [9.17, 15) is 13.2 Å². The van der Waals surface area contributed by atoms with Crippen LogP contribution >= 0.6 is 12.4 Å². The van der Waals surface area contributed by atoms with Crippen LogP contribution in [-0.4, -0.2) is 32.7 Å². The molecule has 1 saturated carbocycles. The molecule has 5 nitrogen and oxygen atoms in total. The highest BCUT2D eigenvalue weighted by atomic mass is 35.5. The average molecular weight is 361 g/mol. The Balaban J connectivity index is 0.00000264. The summed E-state index contributed by atoms with van der Waals surface area (Å²) in [6.07, 6.45) is 3.48. The number of nitrogens with one attached hydrogen (secondary N) is 1. The number of halogens is 1. The van der Waals surface area contributed by atoms with Gasteiger partial charge in [0.2, 0.25) is 0 Å². The van der Waals surface area contributed by atoms with Crippen molar-refractivity contribution in [2.45, 2.75) is 43.5 Å². The maximum Gasteiger partial charge on any atom is 0.252 e. The van der Waals surface area contributed by atoms with Gasteiger partial charge in [-0.3, -0.25) is 4.79 Å². The van der Waals surface area contributed by atoms with Gasteiger partial charge in [0.05, 0.1) is 16.2 Å². The summed E-state index contributed by atoms with van der Waals surface area (Å²) >= 11 is 0. The summed E-state index contributed by atoms with van der Waals surface area (Å²) < 4.78 is 24.6. The summed E-state index contributed by atoms with van der Waals surface area (Å²) in [5, 5.41) is 2.97. The van der Waals surface area contributed by atoms with E-state index in [0.717, 1.165) is 19.3 Å². The van der Waals surface area contributed by atoms with Gasteiger partial charge in [-0.2, -0.15) is 0 Å². The first-order chi connectivity index (χ1) is 10.5. The smallest absolute Gasteiger partial charge is 0.252 e. The molecule has 0 aliphatic heterocycles. The molecule has 1 aliphatic rings. The molecule has 1 aromatic carbocycles. The van der Waals surface area contributed by atoms with Crippen molar-refractivity contribution in [3.05, 3.63) is 29.8 Å². The molecule has 0 saturated heterocycles. The Morgan fingerprint density at radius 2 is 2.00 bits per heavy atom. The summed E-state index contributed by atoms with van der Waals surface area (Å²) in [4.78, 5) is 12.6. The maximum atomic E-state index is 12.5. The summed E-state index contributed by atoms with van der Waals surface area (Å²) in [7, 11) is -3.42.